The summed E-state index contributed by atoms with van der Waals surface area (Å²) in [6.07, 6.45) is 12.1. The number of rotatable bonds is 5. The van der Waals surface area contributed by atoms with Gasteiger partial charge in [0.05, 0.1) is 24.6 Å². The Labute approximate surface area is 179 Å². The second kappa shape index (κ2) is 8.27. The van der Waals surface area contributed by atoms with Gasteiger partial charge in [-0.25, -0.2) is 9.97 Å². The van der Waals surface area contributed by atoms with Crippen LogP contribution in [-0.4, -0.2) is 48.6 Å². The maximum atomic E-state index is 12.8. The van der Waals surface area contributed by atoms with Gasteiger partial charge < -0.3 is 9.73 Å². The molecule has 1 aliphatic rings. The molecule has 4 aromatic rings. The van der Waals surface area contributed by atoms with Crippen molar-refractivity contribution in [3.8, 4) is 11.3 Å². The van der Waals surface area contributed by atoms with Crippen LogP contribution >= 0.6 is 0 Å². The van der Waals surface area contributed by atoms with Crippen molar-refractivity contribution in [3.05, 3.63) is 55.3 Å². The van der Waals surface area contributed by atoms with E-state index in [9.17, 15) is 4.79 Å². The number of carbonyl (C=O) groups is 1. The average Bonchev–Trinajstić information content (AvgIpc) is 3.45. The number of aryl methyl sites for hydroxylation is 1. The van der Waals surface area contributed by atoms with Crippen molar-refractivity contribution in [2.45, 2.75) is 19.4 Å². The van der Waals surface area contributed by atoms with Crippen LogP contribution in [0.25, 0.3) is 22.0 Å². The first-order valence-electron chi connectivity index (χ1n) is 10.3. The van der Waals surface area contributed by atoms with Gasteiger partial charge in [0.25, 0.3) is 0 Å². The maximum absolute atomic E-state index is 12.8. The third-order valence-electron chi connectivity index (χ3n) is 5.66. The van der Waals surface area contributed by atoms with Crippen LogP contribution < -0.4 is 5.32 Å². The highest BCUT2D eigenvalue weighted by molar-refractivity contribution is 5.94. The first kappa shape index (κ1) is 19.4. The van der Waals surface area contributed by atoms with Crippen LogP contribution in [0.1, 0.15) is 18.7 Å². The summed E-state index contributed by atoms with van der Waals surface area (Å²) >= 11 is 0. The zero-order valence-corrected chi connectivity index (χ0v) is 17.2. The summed E-state index contributed by atoms with van der Waals surface area (Å²) in [7, 11) is 1.88. The zero-order valence-electron chi connectivity index (χ0n) is 17.2. The topological polar surface area (TPSA) is 102 Å². The van der Waals surface area contributed by atoms with Gasteiger partial charge in [-0.1, -0.05) is 0 Å². The minimum Gasteiger partial charge on any atom is -0.448 e. The van der Waals surface area contributed by atoms with Gasteiger partial charge in [0.2, 0.25) is 11.8 Å². The van der Waals surface area contributed by atoms with E-state index in [0.29, 0.717) is 18.3 Å². The van der Waals surface area contributed by atoms with Crippen LogP contribution in [0.3, 0.4) is 0 Å². The highest BCUT2D eigenvalue weighted by Gasteiger charge is 2.26. The fraction of sp³-hybridized carbons (Fsp3) is 0.318. The molecule has 1 N–H and O–H groups in total. The number of hydrogen-bond donors (Lipinski definition) is 1. The number of hydrogen-bond acceptors (Lipinski definition) is 7. The fourth-order valence-electron chi connectivity index (χ4n) is 3.92. The van der Waals surface area contributed by atoms with Crippen LogP contribution in [0, 0.1) is 5.92 Å². The second-order valence-electron chi connectivity index (χ2n) is 7.85. The summed E-state index contributed by atoms with van der Waals surface area (Å²) in [6.45, 7) is 2.36. The number of oxazole rings is 1. The SMILES string of the molecule is Cn1cc(-c2cc3cc(NC(=O)C4CCN(Cc5ncco5)CC4)ncc3cn2)cn1. The Morgan fingerprint density at radius 1 is 1.13 bits per heavy atom. The van der Waals surface area contributed by atoms with Gasteiger partial charge in [-0.3, -0.25) is 19.4 Å². The van der Waals surface area contributed by atoms with Crippen LogP contribution in [0.4, 0.5) is 5.82 Å². The highest BCUT2D eigenvalue weighted by Crippen LogP contribution is 2.24. The number of nitrogens with zero attached hydrogens (tertiary/aromatic N) is 6. The lowest BCUT2D eigenvalue weighted by Crippen LogP contribution is -2.37. The van der Waals surface area contributed by atoms with Crippen molar-refractivity contribution < 1.29 is 9.21 Å². The molecule has 5 rings (SSSR count). The third kappa shape index (κ3) is 4.31. The van der Waals surface area contributed by atoms with E-state index in [1.807, 2.05) is 25.4 Å². The van der Waals surface area contributed by atoms with Crippen molar-refractivity contribution in [2.24, 2.45) is 13.0 Å². The molecule has 5 heterocycles. The van der Waals surface area contributed by atoms with E-state index in [4.69, 9.17) is 4.42 Å². The zero-order chi connectivity index (χ0) is 21.2. The summed E-state index contributed by atoms with van der Waals surface area (Å²) in [5.74, 6) is 1.26. The molecule has 9 heteroatoms. The molecule has 0 saturated carbocycles. The summed E-state index contributed by atoms with van der Waals surface area (Å²) in [6, 6.07) is 3.89. The van der Waals surface area contributed by atoms with E-state index < -0.39 is 0 Å². The molecule has 1 saturated heterocycles. The predicted molar refractivity (Wildman–Crippen MR) is 115 cm³/mol. The van der Waals surface area contributed by atoms with Crippen molar-refractivity contribution in [1.29, 1.82) is 0 Å². The Hall–Kier alpha value is -3.59. The molecule has 158 valence electrons. The largest absolute Gasteiger partial charge is 0.448 e. The predicted octanol–water partition coefficient (Wildman–Crippen LogP) is 2.87. The molecule has 0 radical (unpaired) electrons. The lowest BCUT2D eigenvalue weighted by Gasteiger charge is -2.30. The number of nitrogens with one attached hydrogen (secondary N) is 1. The normalized spacial score (nSPS) is 15.4. The molecule has 31 heavy (non-hydrogen) atoms. The minimum absolute atomic E-state index is 0.0177. The van der Waals surface area contributed by atoms with E-state index in [2.05, 4.69) is 30.3 Å². The van der Waals surface area contributed by atoms with E-state index in [1.165, 1.54) is 0 Å². The van der Waals surface area contributed by atoms with E-state index >= 15 is 0 Å². The number of fused-ring (bicyclic) bond motifs is 1. The van der Waals surface area contributed by atoms with Crippen LogP contribution in [0.2, 0.25) is 0 Å². The van der Waals surface area contributed by atoms with Crippen LogP contribution in [0.5, 0.6) is 0 Å². The molecule has 1 amide bonds. The Kier molecular flexibility index (Phi) is 5.17. The molecule has 0 aromatic carbocycles. The minimum atomic E-state index is -0.0262. The van der Waals surface area contributed by atoms with E-state index in [-0.39, 0.29) is 11.8 Å². The number of aromatic nitrogens is 5. The van der Waals surface area contributed by atoms with Crippen LogP contribution in [0.15, 0.2) is 53.8 Å². The van der Waals surface area contributed by atoms with E-state index in [1.54, 1.807) is 35.7 Å². The maximum Gasteiger partial charge on any atom is 0.228 e. The molecule has 9 nitrogen and oxygen atoms in total. The summed E-state index contributed by atoms with van der Waals surface area (Å²) in [4.78, 5) is 28.1. The molecular weight excluding hydrogens is 394 g/mol. The van der Waals surface area contributed by atoms with Gasteiger partial charge in [-0.2, -0.15) is 5.10 Å². The Morgan fingerprint density at radius 2 is 1.97 bits per heavy atom. The number of piperidine rings is 1. The Bertz CT molecular complexity index is 1190. The quantitative estimate of drug-likeness (QED) is 0.533. The second-order valence-corrected chi connectivity index (χ2v) is 7.85. The van der Waals surface area contributed by atoms with Gasteiger partial charge in [-0.05, 0) is 43.5 Å². The molecule has 1 fully saturated rings. The van der Waals surface area contributed by atoms with Crippen LogP contribution in [-0.2, 0) is 18.4 Å². The first-order chi connectivity index (χ1) is 15.1. The highest BCUT2D eigenvalue weighted by atomic mass is 16.3. The number of amides is 1. The summed E-state index contributed by atoms with van der Waals surface area (Å²) in [5.41, 5.74) is 1.78. The molecule has 0 atom stereocenters. The van der Waals surface area contributed by atoms with Crippen molar-refractivity contribution in [1.82, 2.24) is 29.6 Å². The standard InChI is InChI=1S/C22H23N7O2/c1-28-13-18(12-26-28)19-8-16-9-20(25-11-17(16)10-24-19)27-22(30)15-2-5-29(6-3-15)14-21-23-4-7-31-21/h4,7-13,15H,2-3,5-6,14H2,1H3,(H,25,27,30). The third-order valence-corrected chi connectivity index (χ3v) is 5.66. The molecule has 0 spiro atoms. The van der Waals surface area contributed by atoms with Crippen molar-refractivity contribution >= 4 is 22.5 Å². The first-order valence-corrected chi connectivity index (χ1v) is 10.3. The number of carbonyl (C=O) groups excluding carboxylic acids is 1. The smallest absolute Gasteiger partial charge is 0.228 e. The number of pyridine rings is 2. The van der Waals surface area contributed by atoms with Crippen molar-refractivity contribution in [2.75, 3.05) is 18.4 Å². The Morgan fingerprint density at radius 3 is 2.71 bits per heavy atom. The molecular formula is C22H23N7O2. The van der Waals surface area contributed by atoms with Gasteiger partial charge in [0.1, 0.15) is 12.1 Å². The Balaban J connectivity index is 1.24. The molecule has 4 aromatic heterocycles. The summed E-state index contributed by atoms with van der Waals surface area (Å²) < 4.78 is 7.06. The summed E-state index contributed by atoms with van der Waals surface area (Å²) in [5, 5.41) is 9.09. The average molecular weight is 417 g/mol. The molecule has 1 aliphatic heterocycles. The molecule has 0 unspecified atom stereocenters. The molecule has 0 bridgehead atoms. The fourth-order valence-corrected chi connectivity index (χ4v) is 3.92. The van der Waals surface area contributed by atoms with E-state index in [0.717, 1.165) is 48.0 Å². The van der Waals surface area contributed by atoms with Crippen molar-refractivity contribution in [3.63, 3.8) is 0 Å². The monoisotopic (exact) mass is 417 g/mol. The van der Waals surface area contributed by atoms with Gasteiger partial charge in [0, 0.05) is 42.5 Å². The lowest BCUT2D eigenvalue weighted by molar-refractivity contribution is -0.121. The molecule has 0 aliphatic carbocycles. The number of anilines is 1. The number of likely N-dealkylation sites (tertiary alicyclic amines) is 1. The van der Waals surface area contributed by atoms with Gasteiger partial charge >= 0.3 is 0 Å². The van der Waals surface area contributed by atoms with Gasteiger partial charge in [0.15, 0.2) is 0 Å². The van der Waals surface area contributed by atoms with Gasteiger partial charge in [-0.15, -0.1) is 0 Å². The lowest BCUT2D eigenvalue weighted by atomic mass is 9.96.